The molecule has 0 bridgehead atoms. The Morgan fingerprint density at radius 2 is 1.96 bits per heavy atom. The van der Waals surface area contributed by atoms with Crippen LogP contribution in [0.25, 0.3) is 10.9 Å². The zero-order chi connectivity index (χ0) is 17.7. The molecule has 0 aliphatic heterocycles. The number of carbonyl (C=O) groups is 2. The molecule has 0 atom stereocenters. The van der Waals surface area contributed by atoms with Crippen molar-refractivity contribution in [3.63, 3.8) is 0 Å². The van der Waals surface area contributed by atoms with E-state index in [-0.39, 0.29) is 0 Å². The fourth-order valence-electron chi connectivity index (χ4n) is 2.33. The lowest BCUT2D eigenvalue weighted by Crippen LogP contribution is -2.16. The van der Waals surface area contributed by atoms with Gasteiger partial charge in [0.05, 0.1) is 12.6 Å². The van der Waals surface area contributed by atoms with E-state index in [0.717, 1.165) is 35.2 Å². The number of rotatable bonds is 6. The van der Waals surface area contributed by atoms with Crippen LogP contribution in [0.3, 0.4) is 0 Å². The van der Waals surface area contributed by atoms with E-state index in [1.165, 1.54) is 11.5 Å². The molecule has 2 rings (SSSR count). The fourth-order valence-corrected chi connectivity index (χ4v) is 2.33. The number of ether oxygens (including phenoxy) is 3. The van der Waals surface area contributed by atoms with E-state index in [4.69, 9.17) is 9.47 Å². The molecule has 0 fully saturated rings. The Balaban J connectivity index is 2.31. The van der Waals surface area contributed by atoms with Crippen LogP contribution in [0.1, 0.15) is 12.5 Å². The SMILES string of the molecule is COc1ccc2c(c1)c(CCN(C)C)cn2C(=O)OCOC(C)=O. The molecule has 0 spiro atoms. The second-order valence-corrected chi connectivity index (χ2v) is 5.62. The van der Waals surface area contributed by atoms with Gasteiger partial charge in [0.2, 0.25) is 6.79 Å². The number of esters is 1. The summed E-state index contributed by atoms with van der Waals surface area (Å²) in [6.07, 6.45) is 1.94. The number of benzene rings is 1. The predicted octanol–water partition coefficient (Wildman–Crippen LogP) is 2.26. The molecule has 1 aromatic carbocycles. The first-order valence-electron chi connectivity index (χ1n) is 7.55. The summed E-state index contributed by atoms with van der Waals surface area (Å²) in [6.45, 7) is 1.69. The van der Waals surface area contributed by atoms with Crippen molar-refractivity contribution in [2.75, 3.05) is 34.5 Å². The lowest BCUT2D eigenvalue weighted by Gasteiger charge is -2.08. The van der Waals surface area contributed by atoms with E-state index in [9.17, 15) is 9.59 Å². The van der Waals surface area contributed by atoms with Crippen molar-refractivity contribution in [2.24, 2.45) is 0 Å². The Kier molecular flexibility index (Phi) is 5.81. The molecule has 0 saturated heterocycles. The van der Waals surface area contributed by atoms with Crippen molar-refractivity contribution >= 4 is 23.0 Å². The Morgan fingerprint density at radius 1 is 1.21 bits per heavy atom. The second kappa shape index (κ2) is 7.83. The quantitative estimate of drug-likeness (QED) is 0.596. The molecule has 0 unspecified atom stereocenters. The highest BCUT2D eigenvalue weighted by atomic mass is 16.7. The zero-order valence-electron chi connectivity index (χ0n) is 14.4. The Bertz CT molecular complexity index is 736. The number of likely N-dealkylation sites (N-methyl/N-ethyl adjacent to an activating group) is 1. The highest BCUT2D eigenvalue weighted by molar-refractivity contribution is 5.92. The van der Waals surface area contributed by atoms with E-state index in [1.807, 2.05) is 20.2 Å². The van der Waals surface area contributed by atoms with E-state index in [2.05, 4.69) is 9.64 Å². The average molecular weight is 334 g/mol. The first kappa shape index (κ1) is 17.8. The first-order valence-corrected chi connectivity index (χ1v) is 7.55. The standard InChI is InChI=1S/C17H22N2O5/c1-12(20)23-11-24-17(21)19-10-13(7-8-18(2)3)15-9-14(22-4)5-6-16(15)19/h5-6,9-10H,7-8,11H2,1-4H3. The maximum absolute atomic E-state index is 12.3. The number of methoxy groups -OCH3 is 1. The summed E-state index contributed by atoms with van der Waals surface area (Å²) in [5.41, 5.74) is 1.74. The summed E-state index contributed by atoms with van der Waals surface area (Å²) >= 11 is 0. The number of carbonyl (C=O) groups excluding carboxylic acids is 2. The van der Waals surface area contributed by atoms with Crippen LogP contribution in [-0.4, -0.2) is 56.1 Å². The van der Waals surface area contributed by atoms with Crippen molar-refractivity contribution in [1.29, 1.82) is 0 Å². The van der Waals surface area contributed by atoms with Crippen molar-refractivity contribution in [3.8, 4) is 5.75 Å². The summed E-state index contributed by atoms with van der Waals surface area (Å²) in [5.74, 6) is 0.219. The summed E-state index contributed by atoms with van der Waals surface area (Å²) in [6, 6.07) is 5.49. The molecule has 130 valence electrons. The maximum Gasteiger partial charge on any atom is 0.421 e. The average Bonchev–Trinajstić information content (AvgIpc) is 2.90. The minimum absolute atomic E-state index is 0.406. The number of hydrogen-bond acceptors (Lipinski definition) is 6. The lowest BCUT2D eigenvalue weighted by atomic mass is 10.1. The van der Waals surface area contributed by atoms with Crippen LogP contribution in [-0.2, 0) is 20.7 Å². The Labute approximate surface area is 140 Å². The molecular formula is C17H22N2O5. The van der Waals surface area contributed by atoms with Crippen LogP contribution < -0.4 is 4.74 Å². The number of nitrogens with zero attached hydrogens (tertiary/aromatic N) is 2. The van der Waals surface area contributed by atoms with Gasteiger partial charge in [0, 0.05) is 25.1 Å². The third-order valence-electron chi connectivity index (χ3n) is 3.56. The van der Waals surface area contributed by atoms with Gasteiger partial charge in [-0.05, 0) is 44.3 Å². The molecule has 0 radical (unpaired) electrons. The number of hydrogen-bond donors (Lipinski definition) is 0. The monoisotopic (exact) mass is 334 g/mol. The fraction of sp³-hybridized carbons (Fsp3) is 0.412. The summed E-state index contributed by atoms with van der Waals surface area (Å²) in [5, 5.41) is 0.931. The number of aromatic nitrogens is 1. The smallest absolute Gasteiger partial charge is 0.421 e. The third kappa shape index (κ3) is 4.26. The molecule has 1 heterocycles. The normalized spacial score (nSPS) is 10.9. The van der Waals surface area contributed by atoms with E-state index in [0.29, 0.717) is 0 Å². The highest BCUT2D eigenvalue weighted by Gasteiger charge is 2.16. The van der Waals surface area contributed by atoms with Gasteiger partial charge in [0.15, 0.2) is 0 Å². The van der Waals surface area contributed by atoms with Crippen molar-refractivity contribution in [1.82, 2.24) is 9.47 Å². The Morgan fingerprint density at radius 3 is 2.58 bits per heavy atom. The van der Waals surface area contributed by atoms with Gasteiger partial charge in [-0.3, -0.25) is 9.36 Å². The topological polar surface area (TPSA) is 70.0 Å². The van der Waals surface area contributed by atoms with Gasteiger partial charge in [-0.2, -0.15) is 0 Å². The van der Waals surface area contributed by atoms with Gasteiger partial charge in [-0.15, -0.1) is 0 Å². The molecule has 24 heavy (non-hydrogen) atoms. The second-order valence-electron chi connectivity index (χ2n) is 5.62. The molecule has 7 nitrogen and oxygen atoms in total. The van der Waals surface area contributed by atoms with Gasteiger partial charge in [0.1, 0.15) is 5.75 Å². The molecule has 7 heteroatoms. The first-order chi connectivity index (χ1) is 11.4. The molecule has 0 N–H and O–H groups in total. The van der Waals surface area contributed by atoms with Crippen molar-refractivity contribution < 1.29 is 23.8 Å². The van der Waals surface area contributed by atoms with E-state index >= 15 is 0 Å². The molecule has 0 amide bonds. The van der Waals surface area contributed by atoms with Crippen molar-refractivity contribution in [2.45, 2.75) is 13.3 Å². The summed E-state index contributed by atoms with van der Waals surface area (Å²) < 4.78 is 16.3. The molecule has 0 saturated carbocycles. The third-order valence-corrected chi connectivity index (χ3v) is 3.56. The predicted molar refractivity (Wildman–Crippen MR) is 89.3 cm³/mol. The Hall–Kier alpha value is -2.54. The summed E-state index contributed by atoms with van der Waals surface area (Å²) in [7, 11) is 5.59. The maximum atomic E-state index is 12.3. The molecular weight excluding hydrogens is 312 g/mol. The van der Waals surface area contributed by atoms with Gasteiger partial charge >= 0.3 is 12.1 Å². The molecule has 1 aromatic heterocycles. The molecule has 2 aromatic rings. The van der Waals surface area contributed by atoms with Gasteiger partial charge in [-0.25, -0.2) is 4.79 Å². The van der Waals surface area contributed by atoms with Crippen LogP contribution in [0.5, 0.6) is 5.75 Å². The minimum Gasteiger partial charge on any atom is -0.497 e. The van der Waals surface area contributed by atoms with Gasteiger partial charge in [-0.1, -0.05) is 0 Å². The van der Waals surface area contributed by atoms with Crippen molar-refractivity contribution in [3.05, 3.63) is 30.0 Å². The molecule has 0 aliphatic rings. The van der Waals surface area contributed by atoms with Crippen LogP contribution in [0.2, 0.25) is 0 Å². The van der Waals surface area contributed by atoms with Crippen LogP contribution >= 0.6 is 0 Å². The van der Waals surface area contributed by atoms with Crippen LogP contribution in [0.15, 0.2) is 24.4 Å². The number of fused-ring (bicyclic) bond motifs is 1. The van der Waals surface area contributed by atoms with Gasteiger partial charge in [0.25, 0.3) is 0 Å². The molecule has 0 aliphatic carbocycles. The van der Waals surface area contributed by atoms with E-state index < -0.39 is 18.9 Å². The van der Waals surface area contributed by atoms with Crippen LogP contribution in [0, 0.1) is 0 Å². The summed E-state index contributed by atoms with van der Waals surface area (Å²) in [4.78, 5) is 25.1. The lowest BCUT2D eigenvalue weighted by molar-refractivity contribution is -0.149. The zero-order valence-corrected chi connectivity index (χ0v) is 14.4. The van der Waals surface area contributed by atoms with E-state index in [1.54, 1.807) is 25.4 Å². The van der Waals surface area contributed by atoms with Gasteiger partial charge < -0.3 is 19.1 Å². The minimum atomic E-state index is -0.595. The highest BCUT2D eigenvalue weighted by Crippen LogP contribution is 2.26. The van der Waals surface area contributed by atoms with Crippen LogP contribution in [0.4, 0.5) is 4.79 Å². The largest absolute Gasteiger partial charge is 0.497 e.